The van der Waals surface area contributed by atoms with E-state index in [0.29, 0.717) is 41.9 Å². The minimum Gasteiger partial charge on any atom is -0.424 e. The van der Waals surface area contributed by atoms with E-state index < -0.39 is 17.6 Å². The highest BCUT2D eigenvalue weighted by Gasteiger charge is 2.33. The third-order valence-corrected chi connectivity index (χ3v) is 7.13. The van der Waals surface area contributed by atoms with Gasteiger partial charge in [-0.05, 0) is 37.8 Å². The lowest BCUT2D eigenvalue weighted by molar-refractivity contribution is -0.138. The number of oxazole rings is 1. The van der Waals surface area contributed by atoms with E-state index in [2.05, 4.69) is 25.6 Å². The Balaban J connectivity index is 1.22. The third kappa shape index (κ3) is 6.07. The van der Waals surface area contributed by atoms with Crippen LogP contribution in [0.2, 0.25) is 0 Å². The van der Waals surface area contributed by atoms with Crippen molar-refractivity contribution in [1.82, 2.24) is 20.3 Å². The molecule has 2 aromatic heterocycles. The molecule has 1 amide bonds. The van der Waals surface area contributed by atoms with Crippen molar-refractivity contribution in [3.63, 3.8) is 0 Å². The molecule has 0 bridgehead atoms. The van der Waals surface area contributed by atoms with Gasteiger partial charge in [0, 0.05) is 54.7 Å². The number of nitrogens with zero attached hydrogens (tertiary/aromatic N) is 4. The predicted molar refractivity (Wildman–Crippen MR) is 136 cm³/mol. The molecule has 3 atom stereocenters. The number of alkyl halides is 3. The van der Waals surface area contributed by atoms with Gasteiger partial charge in [0.15, 0.2) is 5.76 Å². The van der Waals surface area contributed by atoms with Crippen molar-refractivity contribution in [2.75, 3.05) is 23.3 Å². The van der Waals surface area contributed by atoms with Gasteiger partial charge in [0.2, 0.25) is 11.9 Å². The molecule has 1 saturated carbocycles. The highest BCUT2D eigenvalue weighted by atomic mass is 19.4. The van der Waals surface area contributed by atoms with E-state index >= 15 is 0 Å². The van der Waals surface area contributed by atoms with E-state index in [9.17, 15) is 18.0 Å². The molecule has 1 aliphatic heterocycles. The van der Waals surface area contributed by atoms with Gasteiger partial charge < -0.3 is 25.7 Å². The van der Waals surface area contributed by atoms with E-state index in [0.717, 1.165) is 50.9 Å². The summed E-state index contributed by atoms with van der Waals surface area (Å²) in [5.41, 5.74) is 5.65. The molecule has 9 nitrogen and oxygen atoms in total. The zero-order valence-corrected chi connectivity index (χ0v) is 20.7. The number of nitrogens with one attached hydrogen (secondary N) is 2. The van der Waals surface area contributed by atoms with E-state index in [1.807, 2.05) is 11.0 Å². The van der Waals surface area contributed by atoms with Crippen LogP contribution in [-0.2, 0) is 6.18 Å². The second-order valence-corrected chi connectivity index (χ2v) is 9.84. The predicted octanol–water partition coefficient (Wildman–Crippen LogP) is 4.23. The molecule has 0 unspecified atom stereocenters. The fourth-order valence-corrected chi connectivity index (χ4v) is 5.19. The maximum Gasteiger partial charge on any atom is 0.419 e. The number of benzene rings is 1. The summed E-state index contributed by atoms with van der Waals surface area (Å²) in [5.74, 6) is 0.345. The number of anilines is 2. The molecule has 2 aliphatic rings. The average molecular weight is 530 g/mol. The minimum atomic E-state index is -4.45. The van der Waals surface area contributed by atoms with E-state index in [-0.39, 0.29) is 18.1 Å². The molecule has 1 aromatic carbocycles. The molecule has 5 rings (SSSR count). The maximum atomic E-state index is 12.9. The highest BCUT2D eigenvalue weighted by Crippen LogP contribution is 2.30. The normalized spacial score (nSPS) is 22.3. The third-order valence-electron chi connectivity index (χ3n) is 7.13. The van der Waals surface area contributed by atoms with Crippen LogP contribution in [0.4, 0.5) is 25.1 Å². The molecule has 3 aromatic rings. The van der Waals surface area contributed by atoms with Gasteiger partial charge in [0.05, 0.1) is 11.8 Å². The van der Waals surface area contributed by atoms with Crippen LogP contribution in [0, 0.1) is 0 Å². The zero-order chi connectivity index (χ0) is 26.7. The van der Waals surface area contributed by atoms with Crippen molar-refractivity contribution >= 4 is 17.9 Å². The summed E-state index contributed by atoms with van der Waals surface area (Å²) in [7, 11) is 0. The van der Waals surface area contributed by atoms with Crippen LogP contribution in [0.3, 0.4) is 0 Å². The topological polar surface area (TPSA) is 122 Å². The van der Waals surface area contributed by atoms with E-state index in [1.165, 1.54) is 0 Å². The molecular weight excluding hydrogens is 499 g/mol. The summed E-state index contributed by atoms with van der Waals surface area (Å²) >= 11 is 0. The first-order valence-electron chi connectivity index (χ1n) is 12.8. The van der Waals surface area contributed by atoms with Gasteiger partial charge in [0.25, 0.3) is 6.01 Å². The lowest BCUT2D eigenvalue weighted by Crippen LogP contribution is -2.55. The summed E-state index contributed by atoms with van der Waals surface area (Å²) in [5, 5.41) is 7.20. The first-order chi connectivity index (χ1) is 18.3. The molecule has 202 valence electrons. The Hall–Kier alpha value is -3.67. The summed E-state index contributed by atoms with van der Waals surface area (Å²) < 4.78 is 44.6. The number of piperidine rings is 1. The van der Waals surface area contributed by atoms with Crippen LogP contribution >= 0.6 is 0 Å². The molecule has 0 radical (unpaired) electrons. The maximum absolute atomic E-state index is 12.9. The standard InChI is InChI=1S/C26H30F3N7O2/c27-26(28,29)18-12-31-24(32-13-18)36-10-4-7-19(15-36)34-20-8-1-2-9-21(20)35-25-33-14-22(38-25)16-5-3-6-17(11-16)23(30)37/h3,5-6,11-14,19-21,34H,1-2,4,7-10,15H2,(H2,30,37)(H,33,35)/t19-,20+,21+/m0/s1. The Bertz CT molecular complexity index is 1250. The minimum absolute atomic E-state index is 0.102. The van der Waals surface area contributed by atoms with Gasteiger partial charge in [-0.3, -0.25) is 4.79 Å². The number of aromatic nitrogens is 3. The number of rotatable bonds is 7. The molecule has 1 saturated heterocycles. The van der Waals surface area contributed by atoms with Crippen molar-refractivity contribution in [2.24, 2.45) is 5.73 Å². The number of nitrogens with two attached hydrogens (primary N) is 1. The molecular formula is C26H30F3N7O2. The van der Waals surface area contributed by atoms with Gasteiger partial charge in [-0.2, -0.15) is 13.2 Å². The first kappa shape index (κ1) is 26.0. The summed E-state index contributed by atoms with van der Waals surface area (Å²) in [4.78, 5) is 25.8. The molecule has 0 spiro atoms. The summed E-state index contributed by atoms with van der Waals surface area (Å²) in [6.07, 6.45) is 4.82. The SMILES string of the molecule is NC(=O)c1cccc(-c2cnc(N[C@@H]3CCCC[C@H]3N[C@H]3CCCN(c4ncc(C(F)(F)F)cn4)C3)o2)c1. The molecule has 2 fully saturated rings. The Morgan fingerprint density at radius 1 is 1.03 bits per heavy atom. The van der Waals surface area contributed by atoms with Gasteiger partial charge in [-0.1, -0.05) is 25.0 Å². The summed E-state index contributed by atoms with van der Waals surface area (Å²) in [6, 6.07) is 7.74. The van der Waals surface area contributed by atoms with Crippen molar-refractivity contribution in [1.29, 1.82) is 0 Å². The Morgan fingerprint density at radius 3 is 2.53 bits per heavy atom. The lowest BCUT2D eigenvalue weighted by Gasteiger charge is -2.39. The summed E-state index contributed by atoms with van der Waals surface area (Å²) in [6.45, 7) is 1.32. The van der Waals surface area contributed by atoms with Crippen LogP contribution in [0.25, 0.3) is 11.3 Å². The van der Waals surface area contributed by atoms with Gasteiger partial charge in [-0.15, -0.1) is 0 Å². The molecule has 38 heavy (non-hydrogen) atoms. The highest BCUT2D eigenvalue weighted by molar-refractivity contribution is 5.93. The fourth-order valence-electron chi connectivity index (χ4n) is 5.19. The quantitative estimate of drug-likeness (QED) is 0.416. The number of halogens is 3. The molecule has 4 N–H and O–H groups in total. The number of hydrogen-bond acceptors (Lipinski definition) is 8. The second-order valence-electron chi connectivity index (χ2n) is 9.84. The molecule has 3 heterocycles. The number of carbonyl (C=O) groups excluding carboxylic acids is 1. The van der Waals surface area contributed by atoms with Crippen LogP contribution < -0.4 is 21.3 Å². The Labute approximate surface area is 218 Å². The largest absolute Gasteiger partial charge is 0.424 e. The van der Waals surface area contributed by atoms with Crippen LogP contribution in [0.15, 0.2) is 47.3 Å². The van der Waals surface area contributed by atoms with Crippen LogP contribution in [-0.4, -0.2) is 52.1 Å². The van der Waals surface area contributed by atoms with Crippen molar-refractivity contribution in [2.45, 2.75) is 62.8 Å². The average Bonchev–Trinajstić information content (AvgIpc) is 3.38. The van der Waals surface area contributed by atoms with Gasteiger partial charge in [-0.25, -0.2) is 15.0 Å². The van der Waals surface area contributed by atoms with Crippen LogP contribution in [0.1, 0.15) is 54.4 Å². The van der Waals surface area contributed by atoms with E-state index in [1.54, 1.807) is 24.4 Å². The van der Waals surface area contributed by atoms with Crippen LogP contribution in [0.5, 0.6) is 0 Å². The van der Waals surface area contributed by atoms with Crippen molar-refractivity contribution in [3.8, 4) is 11.3 Å². The van der Waals surface area contributed by atoms with E-state index in [4.69, 9.17) is 10.2 Å². The number of primary amides is 1. The van der Waals surface area contributed by atoms with Gasteiger partial charge >= 0.3 is 6.18 Å². The van der Waals surface area contributed by atoms with Crippen molar-refractivity contribution in [3.05, 3.63) is 54.0 Å². The second kappa shape index (κ2) is 11.0. The monoisotopic (exact) mass is 529 g/mol. The van der Waals surface area contributed by atoms with Crippen molar-refractivity contribution < 1.29 is 22.4 Å². The number of carbonyl (C=O) groups is 1. The Morgan fingerprint density at radius 2 is 1.79 bits per heavy atom. The molecule has 1 aliphatic carbocycles. The lowest BCUT2D eigenvalue weighted by atomic mass is 9.89. The smallest absolute Gasteiger partial charge is 0.419 e. The number of amides is 1. The fraction of sp³-hybridized carbons (Fsp3) is 0.462. The molecule has 12 heteroatoms. The number of hydrogen-bond donors (Lipinski definition) is 3. The van der Waals surface area contributed by atoms with Gasteiger partial charge in [0.1, 0.15) is 0 Å². The first-order valence-corrected chi connectivity index (χ1v) is 12.8. The Kier molecular flexibility index (Phi) is 7.50. The zero-order valence-electron chi connectivity index (χ0n) is 20.7.